The molecule has 0 amide bonds. The zero-order valence-electron chi connectivity index (χ0n) is 13.1. The van der Waals surface area contributed by atoms with Gasteiger partial charge in [-0.1, -0.05) is 13.8 Å². The summed E-state index contributed by atoms with van der Waals surface area (Å²) < 4.78 is 7.93. The van der Waals surface area contributed by atoms with Gasteiger partial charge in [-0.3, -0.25) is 0 Å². The largest absolute Gasteiger partial charge is 0.375 e. The van der Waals surface area contributed by atoms with Gasteiger partial charge in [0.25, 0.3) is 0 Å². The molecule has 0 aromatic carbocycles. The number of nitrogens with zero attached hydrogens (tertiary/aromatic N) is 3. The van der Waals surface area contributed by atoms with E-state index in [9.17, 15) is 0 Å². The average molecular weight is 288 g/mol. The standard InChI is InChI=1S/C16H24N4O/c1-4-16(5-2)10-13(6-7-21-16)19-15-9-12(3)8-14-17-11-18-20(14)15/h8-9,11,13,19H,4-7,10H2,1-3H3. The molecule has 0 aliphatic carbocycles. The van der Waals surface area contributed by atoms with Gasteiger partial charge in [-0.05, 0) is 50.3 Å². The quantitative estimate of drug-likeness (QED) is 0.938. The second-order valence-electron chi connectivity index (χ2n) is 6.02. The summed E-state index contributed by atoms with van der Waals surface area (Å²) >= 11 is 0. The maximum Gasteiger partial charge on any atom is 0.157 e. The molecule has 0 bridgehead atoms. The van der Waals surface area contributed by atoms with Gasteiger partial charge in [0.05, 0.1) is 5.60 Å². The maximum atomic E-state index is 6.05. The highest BCUT2D eigenvalue weighted by molar-refractivity contribution is 5.51. The summed E-state index contributed by atoms with van der Waals surface area (Å²) in [7, 11) is 0. The van der Waals surface area contributed by atoms with E-state index in [4.69, 9.17) is 4.74 Å². The second kappa shape index (κ2) is 5.64. The smallest absolute Gasteiger partial charge is 0.157 e. The second-order valence-corrected chi connectivity index (χ2v) is 6.02. The Morgan fingerprint density at radius 3 is 2.95 bits per heavy atom. The van der Waals surface area contributed by atoms with Crippen LogP contribution in [0.15, 0.2) is 18.5 Å². The Hall–Kier alpha value is -1.62. The van der Waals surface area contributed by atoms with Crippen LogP contribution < -0.4 is 5.32 Å². The highest BCUT2D eigenvalue weighted by Gasteiger charge is 2.34. The van der Waals surface area contributed by atoms with Crippen LogP contribution in [-0.2, 0) is 4.74 Å². The highest BCUT2D eigenvalue weighted by Crippen LogP contribution is 2.32. The molecule has 114 valence electrons. The fourth-order valence-corrected chi connectivity index (χ4v) is 3.26. The van der Waals surface area contributed by atoms with Gasteiger partial charge >= 0.3 is 0 Å². The monoisotopic (exact) mass is 288 g/mol. The normalized spacial score (nSPS) is 21.6. The van der Waals surface area contributed by atoms with E-state index < -0.39 is 0 Å². The Balaban J connectivity index is 1.83. The number of fused-ring (bicyclic) bond motifs is 1. The third-order valence-corrected chi connectivity index (χ3v) is 4.66. The van der Waals surface area contributed by atoms with Crippen molar-refractivity contribution in [2.45, 2.75) is 58.1 Å². The summed E-state index contributed by atoms with van der Waals surface area (Å²) in [4.78, 5) is 4.28. The Morgan fingerprint density at radius 1 is 1.38 bits per heavy atom. The number of nitrogens with one attached hydrogen (secondary N) is 1. The minimum absolute atomic E-state index is 0.0290. The van der Waals surface area contributed by atoms with E-state index in [1.807, 2.05) is 10.6 Å². The first-order chi connectivity index (χ1) is 10.2. The van der Waals surface area contributed by atoms with Crippen molar-refractivity contribution in [2.24, 2.45) is 0 Å². The van der Waals surface area contributed by atoms with Crippen LogP contribution in [0.3, 0.4) is 0 Å². The van der Waals surface area contributed by atoms with Crippen LogP contribution in [0.4, 0.5) is 5.82 Å². The van der Waals surface area contributed by atoms with Gasteiger partial charge in [0, 0.05) is 12.6 Å². The number of aromatic nitrogens is 3. The number of rotatable bonds is 4. The van der Waals surface area contributed by atoms with Gasteiger partial charge in [0.15, 0.2) is 5.65 Å². The molecule has 1 saturated heterocycles. The fourth-order valence-electron chi connectivity index (χ4n) is 3.26. The molecular weight excluding hydrogens is 264 g/mol. The van der Waals surface area contributed by atoms with Crippen molar-refractivity contribution in [3.8, 4) is 0 Å². The van der Waals surface area contributed by atoms with Crippen molar-refractivity contribution in [3.63, 3.8) is 0 Å². The Kier molecular flexibility index (Phi) is 3.85. The number of anilines is 1. The van der Waals surface area contributed by atoms with E-state index in [2.05, 4.69) is 42.2 Å². The fraction of sp³-hybridized carbons (Fsp3) is 0.625. The number of hydrogen-bond acceptors (Lipinski definition) is 4. The molecule has 2 aromatic rings. The first-order valence-corrected chi connectivity index (χ1v) is 7.86. The van der Waals surface area contributed by atoms with E-state index in [1.165, 1.54) is 5.56 Å². The Morgan fingerprint density at radius 2 is 2.19 bits per heavy atom. The average Bonchev–Trinajstić information content (AvgIpc) is 2.95. The molecular formula is C16H24N4O. The molecule has 5 nitrogen and oxygen atoms in total. The van der Waals surface area contributed by atoms with E-state index in [-0.39, 0.29) is 5.60 Å². The molecule has 1 aliphatic heterocycles. The molecule has 1 atom stereocenters. The molecule has 3 heterocycles. The van der Waals surface area contributed by atoms with Crippen molar-refractivity contribution in [1.82, 2.24) is 14.6 Å². The van der Waals surface area contributed by atoms with Crippen LogP contribution in [0.1, 0.15) is 45.1 Å². The Labute approximate surface area is 125 Å². The molecule has 3 rings (SSSR count). The Bertz CT molecular complexity index is 618. The summed E-state index contributed by atoms with van der Waals surface area (Å²) in [6, 6.07) is 4.61. The van der Waals surface area contributed by atoms with Crippen LogP contribution in [0.5, 0.6) is 0 Å². The molecule has 1 aliphatic rings. The van der Waals surface area contributed by atoms with Crippen LogP contribution in [-0.4, -0.2) is 32.8 Å². The van der Waals surface area contributed by atoms with Crippen LogP contribution in [0.2, 0.25) is 0 Å². The minimum Gasteiger partial charge on any atom is -0.375 e. The maximum absolute atomic E-state index is 6.05. The number of hydrogen-bond donors (Lipinski definition) is 1. The van der Waals surface area contributed by atoms with Gasteiger partial charge < -0.3 is 10.1 Å². The molecule has 1 unspecified atom stereocenters. The number of aryl methyl sites for hydroxylation is 1. The van der Waals surface area contributed by atoms with Crippen molar-refractivity contribution in [1.29, 1.82) is 0 Å². The first kappa shape index (κ1) is 14.3. The molecule has 1 N–H and O–H groups in total. The van der Waals surface area contributed by atoms with Crippen molar-refractivity contribution >= 4 is 11.5 Å². The molecule has 0 radical (unpaired) electrons. The SMILES string of the molecule is CCC1(CC)CC(Nc2cc(C)cc3ncnn23)CCO1. The summed E-state index contributed by atoms with van der Waals surface area (Å²) in [6.07, 6.45) is 5.81. The lowest BCUT2D eigenvalue weighted by atomic mass is 9.86. The highest BCUT2D eigenvalue weighted by atomic mass is 16.5. The van der Waals surface area contributed by atoms with Crippen LogP contribution in [0.25, 0.3) is 5.65 Å². The molecule has 2 aromatic heterocycles. The van der Waals surface area contributed by atoms with Gasteiger partial charge in [-0.25, -0.2) is 4.98 Å². The van der Waals surface area contributed by atoms with Gasteiger partial charge in [0.2, 0.25) is 0 Å². The van der Waals surface area contributed by atoms with Crippen LogP contribution >= 0.6 is 0 Å². The third-order valence-electron chi connectivity index (χ3n) is 4.66. The van der Waals surface area contributed by atoms with Crippen molar-refractivity contribution < 1.29 is 4.74 Å². The third kappa shape index (κ3) is 2.75. The van der Waals surface area contributed by atoms with Gasteiger partial charge in [-0.2, -0.15) is 9.61 Å². The predicted molar refractivity (Wildman–Crippen MR) is 83.6 cm³/mol. The van der Waals surface area contributed by atoms with Gasteiger partial charge in [-0.15, -0.1) is 0 Å². The van der Waals surface area contributed by atoms with E-state index in [0.717, 1.165) is 43.8 Å². The zero-order chi connectivity index (χ0) is 14.9. The molecule has 1 fully saturated rings. The molecule has 21 heavy (non-hydrogen) atoms. The minimum atomic E-state index is 0.0290. The van der Waals surface area contributed by atoms with Gasteiger partial charge in [0.1, 0.15) is 12.1 Å². The molecule has 0 saturated carbocycles. The topological polar surface area (TPSA) is 51.5 Å². The van der Waals surface area contributed by atoms with E-state index >= 15 is 0 Å². The van der Waals surface area contributed by atoms with Crippen molar-refractivity contribution in [3.05, 3.63) is 24.0 Å². The zero-order valence-corrected chi connectivity index (χ0v) is 13.1. The number of pyridine rings is 1. The van der Waals surface area contributed by atoms with Crippen molar-refractivity contribution in [2.75, 3.05) is 11.9 Å². The lowest BCUT2D eigenvalue weighted by Gasteiger charge is -2.40. The summed E-state index contributed by atoms with van der Waals surface area (Å²) in [5, 5.41) is 7.97. The van der Waals surface area contributed by atoms with E-state index in [1.54, 1.807) is 6.33 Å². The summed E-state index contributed by atoms with van der Waals surface area (Å²) in [6.45, 7) is 7.35. The van der Waals surface area contributed by atoms with Crippen LogP contribution in [0, 0.1) is 6.92 Å². The first-order valence-electron chi connectivity index (χ1n) is 7.86. The number of ether oxygens (including phenoxy) is 1. The van der Waals surface area contributed by atoms with E-state index in [0.29, 0.717) is 6.04 Å². The summed E-state index contributed by atoms with van der Waals surface area (Å²) in [5.41, 5.74) is 2.12. The predicted octanol–water partition coefficient (Wildman–Crippen LogP) is 3.19. The lowest BCUT2D eigenvalue weighted by molar-refractivity contribution is -0.0864. The lowest BCUT2D eigenvalue weighted by Crippen LogP contribution is -2.43. The molecule has 5 heteroatoms. The summed E-state index contributed by atoms with van der Waals surface area (Å²) in [5.74, 6) is 1.02. The molecule has 0 spiro atoms.